The molecule has 182 valence electrons. The summed E-state index contributed by atoms with van der Waals surface area (Å²) in [5.41, 5.74) is 3.92. The van der Waals surface area contributed by atoms with Crippen LogP contribution in [0.4, 0.5) is 5.82 Å². The van der Waals surface area contributed by atoms with Crippen LogP contribution in [0.15, 0.2) is 54.6 Å². The third-order valence-electron chi connectivity index (χ3n) is 6.49. The number of thiazole rings is 1. The highest BCUT2D eigenvalue weighted by Gasteiger charge is 2.25. The average molecular weight is 490 g/mol. The molecule has 7 heteroatoms. The SMILES string of the molecule is CCOC(=O)c1sc2nc(-c3ccc(OCc4ccccc4)cc3)c(NC3CCCCC3)n2c1C. The van der Waals surface area contributed by atoms with Crippen molar-refractivity contribution in [3.8, 4) is 17.0 Å². The summed E-state index contributed by atoms with van der Waals surface area (Å²) in [6, 6.07) is 18.7. The van der Waals surface area contributed by atoms with E-state index in [0.29, 0.717) is 24.1 Å². The number of rotatable bonds is 8. The van der Waals surface area contributed by atoms with E-state index in [-0.39, 0.29) is 5.97 Å². The van der Waals surface area contributed by atoms with Gasteiger partial charge in [-0.2, -0.15) is 0 Å². The monoisotopic (exact) mass is 489 g/mol. The smallest absolute Gasteiger partial charge is 0.350 e. The highest BCUT2D eigenvalue weighted by Crippen LogP contribution is 2.37. The Balaban J connectivity index is 1.46. The molecular formula is C28H31N3O3S. The number of esters is 1. The highest BCUT2D eigenvalue weighted by molar-refractivity contribution is 7.19. The van der Waals surface area contributed by atoms with Crippen molar-refractivity contribution in [3.05, 3.63) is 70.7 Å². The number of nitrogens with one attached hydrogen (secondary N) is 1. The lowest BCUT2D eigenvalue weighted by molar-refractivity contribution is 0.0531. The van der Waals surface area contributed by atoms with Crippen molar-refractivity contribution in [2.24, 2.45) is 0 Å². The third kappa shape index (κ3) is 5.05. The Morgan fingerprint density at radius 2 is 1.83 bits per heavy atom. The fraction of sp³-hybridized carbons (Fsp3) is 0.357. The summed E-state index contributed by atoms with van der Waals surface area (Å²) in [4.78, 5) is 18.9. The van der Waals surface area contributed by atoms with E-state index in [1.165, 1.54) is 30.6 Å². The van der Waals surface area contributed by atoms with Gasteiger partial charge in [-0.05, 0) is 56.5 Å². The standard InChI is InChI=1S/C28H31N3O3S/c1-3-33-27(32)25-19(2)31-26(29-22-12-8-5-9-13-22)24(30-28(31)35-25)21-14-16-23(17-15-21)34-18-20-10-6-4-7-11-20/h4,6-7,10-11,14-17,22,29H,3,5,8-9,12-13,18H2,1-2H3. The molecular weight excluding hydrogens is 458 g/mol. The first kappa shape index (κ1) is 23.4. The van der Waals surface area contributed by atoms with Gasteiger partial charge in [0.15, 0.2) is 4.96 Å². The van der Waals surface area contributed by atoms with Gasteiger partial charge in [0.05, 0.1) is 6.61 Å². The molecule has 0 unspecified atom stereocenters. The molecule has 0 spiro atoms. The summed E-state index contributed by atoms with van der Waals surface area (Å²) in [5, 5.41) is 3.78. The van der Waals surface area contributed by atoms with E-state index in [0.717, 1.165) is 51.9 Å². The van der Waals surface area contributed by atoms with Crippen molar-refractivity contribution in [3.63, 3.8) is 0 Å². The zero-order chi connectivity index (χ0) is 24.2. The average Bonchev–Trinajstić information content (AvgIpc) is 3.41. The van der Waals surface area contributed by atoms with Gasteiger partial charge in [0.25, 0.3) is 0 Å². The maximum atomic E-state index is 12.5. The van der Waals surface area contributed by atoms with Crippen molar-refractivity contribution in [2.45, 2.75) is 58.6 Å². The second-order valence-corrected chi connectivity index (χ2v) is 9.92. The Labute approximate surface area is 209 Å². The number of imidazole rings is 1. The molecule has 1 saturated carbocycles. The van der Waals surface area contributed by atoms with E-state index in [9.17, 15) is 4.79 Å². The highest BCUT2D eigenvalue weighted by atomic mass is 32.1. The molecule has 1 aliphatic carbocycles. The van der Waals surface area contributed by atoms with Crippen molar-refractivity contribution in [1.82, 2.24) is 9.38 Å². The molecule has 0 saturated heterocycles. The van der Waals surface area contributed by atoms with Crippen LogP contribution < -0.4 is 10.1 Å². The van der Waals surface area contributed by atoms with E-state index in [1.807, 2.05) is 44.2 Å². The van der Waals surface area contributed by atoms with Crippen LogP contribution in [-0.4, -0.2) is 28.0 Å². The van der Waals surface area contributed by atoms with Gasteiger partial charge in [-0.25, -0.2) is 9.78 Å². The number of ether oxygens (including phenoxy) is 2. The summed E-state index contributed by atoms with van der Waals surface area (Å²) in [5.74, 6) is 1.49. The zero-order valence-corrected chi connectivity index (χ0v) is 21.1. The Kier molecular flexibility index (Phi) is 7.04. The topological polar surface area (TPSA) is 64.9 Å². The fourth-order valence-electron chi connectivity index (χ4n) is 4.66. The number of fused-ring (bicyclic) bond motifs is 1. The lowest BCUT2D eigenvalue weighted by Gasteiger charge is -2.24. The molecule has 0 radical (unpaired) electrons. The predicted molar refractivity (Wildman–Crippen MR) is 140 cm³/mol. The molecule has 2 aromatic heterocycles. The molecule has 0 bridgehead atoms. The van der Waals surface area contributed by atoms with Crippen molar-refractivity contribution in [2.75, 3.05) is 11.9 Å². The van der Waals surface area contributed by atoms with Gasteiger partial charge in [0, 0.05) is 17.3 Å². The van der Waals surface area contributed by atoms with Crippen LogP contribution >= 0.6 is 11.3 Å². The van der Waals surface area contributed by atoms with Crippen LogP contribution in [0.5, 0.6) is 5.75 Å². The van der Waals surface area contributed by atoms with Crippen LogP contribution in [0, 0.1) is 6.92 Å². The molecule has 5 rings (SSSR count). The number of hydrogen-bond acceptors (Lipinski definition) is 6. The fourth-order valence-corrected chi connectivity index (χ4v) is 5.68. The predicted octanol–water partition coefficient (Wildman–Crippen LogP) is 6.87. The second-order valence-electron chi connectivity index (χ2n) is 8.94. The zero-order valence-electron chi connectivity index (χ0n) is 20.3. The van der Waals surface area contributed by atoms with Crippen LogP contribution in [0.3, 0.4) is 0 Å². The number of carbonyl (C=O) groups is 1. The molecule has 0 amide bonds. The maximum Gasteiger partial charge on any atom is 0.350 e. The molecule has 1 N–H and O–H groups in total. The first-order valence-corrected chi connectivity index (χ1v) is 13.2. The minimum Gasteiger partial charge on any atom is -0.489 e. The van der Waals surface area contributed by atoms with Gasteiger partial charge in [0.1, 0.15) is 28.7 Å². The van der Waals surface area contributed by atoms with Gasteiger partial charge < -0.3 is 14.8 Å². The van der Waals surface area contributed by atoms with Gasteiger partial charge in [-0.1, -0.05) is 60.9 Å². The quantitative estimate of drug-likeness (QED) is 0.274. The Bertz CT molecular complexity index is 1290. The Morgan fingerprint density at radius 3 is 2.54 bits per heavy atom. The number of carbonyl (C=O) groups excluding carboxylic acids is 1. The van der Waals surface area contributed by atoms with E-state index in [1.54, 1.807) is 0 Å². The second kappa shape index (κ2) is 10.5. The van der Waals surface area contributed by atoms with Gasteiger partial charge in [0.2, 0.25) is 0 Å². The molecule has 0 atom stereocenters. The molecule has 6 nitrogen and oxygen atoms in total. The number of aromatic nitrogens is 2. The van der Waals surface area contributed by atoms with Gasteiger partial charge in [-0.3, -0.25) is 4.40 Å². The third-order valence-corrected chi connectivity index (χ3v) is 7.61. The van der Waals surface area contributed by atoms with Crippen molar-refractivity contribution in [1.29, 1.82) is 0 Å². The summed E-state index contributed by atoms with van der Waals surface area (Å²) in [6.45, 7) is 4.68. The van der Waals surface area contributed by atoms with Crippen LogP contribution in [0.25, 0.3) is 16.2 Å². The van der Waals surface area contributed by atoms with Crippen LogP contribution in [0.1, 0.15) is 60.0 Å². The molecule has 1 fully saturated rings. The summed E-state index contributed by atoms with van der Waals surface area (Å²) < 4.78 is 13.3. The largest absolute Gasteiger partial charge is 0.489 e. The minimum atomic E-state index is -0.286. The molecule has 35 heavy (non-hydrogen) atoms. The molecule has 2 aromatic carbocycles. The number of nitrogens with zero attached hydrogens (tertiary/aromatic N) is 2. The number of anilines is 1. The van der Waals surface area contributed by atoms with Crippen LogP contribution in [-0.2, 0) is 11.3 Å². The van der Waals surface area contributed by atoms with Crippen LogP contribution in [0.2, 0.25) is 0 Å². The first-order chi connectivity index (χ1) is 17.1. The lowest BCUT2D eigenvalue weighted by Crippen LogP contribution is -2.23. The molecule has 1 aliphatic rings. The number of benzene rings is 2. The lowest BCUT2D eigenvalue weighted by atomic mass is 9.95. The van der Waals surface area contributed by atoms with Crippen molar-refractivity contribution < 1.29 is 14.3 Å². The van der Waals surface area contributed by atoms with E-state index < -0.39 is 0 Å². The van der Waals surface area contributed by atoms with E-state index in [4.69, 9.17) is 14.5 Å². The minimum absolute atomic E-state index is 0.286. The summed E-state index contributed by atoms with van der Waals surface area (Å²) in [6.07, 6.45) is 6.06. The Hall–Kier alpha value is -3.32. The number of aryl methyl sites for hydroxylation is 1. The van der Waals surface area contributed by atoms with E-state index >= 15 is 0 Å². The number of hydrogen-bond donors (Lipinski definition) is 1. The Morgan fingerprint density at radius 1 is 1.09 bits per heavy atom. The first-order valence-electron chi connectivity index (χ1n) is 12.4. The van der Waals surface area contributed by atoms with Gasteiger partial charge in [-0.15, -0.1) is 0 Å². The molecule has 2 heterocycles. The summed E-state index contributed by atoms with van der Waals surface area (Å²) >= 11 is 1.39. The van der Waals surface area contributed by atoms with E-state index in [2.05, 4.69) is 34.0 Å². The van der Waals surface area contributed by atoms with Crippen molar-refractivity contribution >= 4 is 28.1 Å². The van der Waals surface area contributed by atoms with Gasteiger partial charge >= 0.3 is 5.97 Å². The maximum absolute atomic E-state index is 12.5. The molecule has 4 aromatic rings. The molecule has 0 aliphatic heterocycles. The summed E-state index contributed by atoms with van der Waals surface area (Å²) in [7, 11) is 0. The normalized spacial score (nSPS) is 14.2.